The molecule has 0 bridgehead atoms. The van der Waals surface area contributed by atoms with Crippen LogP contribution in [0.1, 0.15) is 39.0 Å². The van der Waals surface area contributed by atoms with E-state index in [4.69, 9.17) is 15.6 Å². The van der Waals surface area contributed by atoms with Gasteiger partial charge in [-0.05, 0) is 32.6 Å². The molecule has 4 nitrogen and oxygen atoms in total. The Morgan fingerprint density at radius 3 is 2.22 bits per heavy atom. The summed E-state index contributed by atoms with van der Waals surface area (Å²) in [6.45, 7) is 1.82. The molecule has 1 atom stereocenters. The highest BCUT2D eigenvalue weighted by atomic mass is 19.4. The highest BCUT2D eigenvalue weighted by molar-refractivity contribution is 5.77. The van der Waals surface area contributed by atoms with Crippen LogP contribution in [0, 0.1) is 0 Å². The maximum atomic E-state index is 11.8. The van der Waals surface area contributed by atoms with Crippen LogP contribution >= 0.6 is 0 Å². The zero-order chi connectivity index (χ0) is 14.2. The van der Waals surface area contributed by atoms with Gasteiger partial charge >= 0.3 is 12.1 Å². The topological polar surface area (TPSA) is 72.5 Å². The van der Waals surface area contributed by atoms with E-state index in [2.05, 4.69) is 0 Å². The van der Waals surface area contributed by atoms with Gasteiger partial charge in [0, 0.05) is 19.6 Å². The number of carbonyl (C=O) groups is 1. The molecule has 0 aliphatic carbocycles. The Morgan fingerprint density at radius 2 is 1.72 bits per heavy atom. The number of alkyl halides is 3. The Hall–Kier alpha value is -0.820. The third kappa shape index (κ3) is 9.23. The van der Waals surface area contributed by atoms with E-state index in [0.717, 1.165) is 0 Å². The van der Waals surface area contributed by atoms with Crippen molar-refractivity contribution in [3.63, 3.8) is 0 Å². The number of hydrogen-bond acceptors (Lipinski definition) is 3. The fraction of sp³-hybridized carbons (Fsp3) is 0.909. The molecule has 0 aromatic rings. The van der Waals surface area contributed by atoms with Gasteiger partial charge in [-0.3, -0.25) is 4.79 Å². The van der Waals surface area contributed by atoms with Crippen molar-refractivity contribution in [2.24, 2.45) is 5.73 Å². The van der Waals surface area contributed by atoms with E-state index in [0.29, 0.717) is 25.9 Å². The van der Waals surface area contributed by atoms with Crippen molar-refractivity contribution in [3.8, 4) is 0 Å². The molecule has 0 heterocycles. The van der Waals surface area contributed by atoms with Crippen LogP contribution in [0.5, 0.6) is 0 Å². The maximum Gasteiger partial charge on any atom is 0.389 e. The molecule has 0 fully saturated rings. The van der Waals surface area contributed by atoms with E-state index in [9.17, 15) is 18.0 Å². The Kier molecular flexibility index (Phi) is 7.23. The average Bonchev–Trinajstić information content (AvgIpc) is 2.20. The van der Waals surface area contributed by atoms with E-state index in [1.165, 1.54) is 6.92 Å². The number of halogens is 3. The second-order valence-electron chi connectivity index (χ2n) is 4.51. The Balaban J connectivity index is 3.40. The summed E-state index contributed by atoms with van der Waals surface area (Å²) in [7, 11) is 0. The number of carboxylic acids is 1. The lowest BCUT2D eigenvalue weighted by Crippen LogP contribution is -2.44. The van der Waals surface area contributed by atoms with Crippen LogP contribution < -0.4 is 5.73 Å². The summed E-state index contributed by atoms with van der Waals surface area (Å²) < 4.78 is 40.3. The molecule has 0 aromatic heterocycles. The first kappa shape index (κ1) is 17.2. The van der Waals surface area contributed by atoms with Gasteiger partial charge in [-0.1, -0.05) is 0 Å². The normalized spacial score (nSPS) is 15.4. The lowest BCUT2D eigenvalue weighted by Gasteiger charge is -2.18. The number of carboxylic acid groups (broad SMARTS) is 1. The molecule has 18 heavy (non-hydrogen) atoms. The summed E-state index contributed by atoms with van der Waals surface area (Å²) in [5.74, 6) is -1.06. The number of unbranched alkanes of at least 4 members (excludes halogenated alkanes) is 1. The molecule has 0 aromatic carbocycles. The van der Waals surface area contributed by atoms with Gasteiger partial charge in [0.25, 0.3) is 0 Å². The van der Waals surface area contributed by atoms with Crippen molar-refractivity contribution in [2.45, 2.75) is 50.7 Å². The molecule has 3 N–H and O–H groups in total. The van der Waals surface area contributed by atoms with Crippen molar-refractivity contribution in [1.82, 2.24) is 0 Å². The van der Waals surface area contributed by atoms with E-state index in [1.807, 2.05) is 0 Å². The van der Waals surface area contributed by atoms with Crippen molar-refractivity contribution < 1.29 is 27.8 Å². The molecule has 0 spiro atoms. The highest BCUT2D eigenvalue weighted by Gasteiger charge is 2.27. The Labute approximate surface area is 104 Å². The minimum absolute atomic E-state index is 0.0484. The summed E-state index contributed by atoms with van der Waals surface area (Å²) in [4.78, 5) is 10.7. The lowest BCUT2D eigenvalue weighted by molar-refractivity contribution is -0.143. The largest absolute Gasteiger partial charge is 0.480 e. The number of rotatable bonds is 9. The molecule has 0 saturated carbocycles. The standard InChI is InChI=1S/C11H20F3NO3/c1-10(15,9(16)17)5-2-3-7-18-8-4-6-11(12,13)14/h2-8,15H2,1H3,(H,16,17). The van der Waals surface area contributed by atoms with Gasteiger partial charge in [0.05, 0.1) is 0 Å². The van der Waals surface area contributed by atoms with Gasteiger partial charge in [0.15, 0.2) is 0 Å². The first-order chi connectivity index (χ1) is 8.15. The summed E-state index contributed by atoms with van der Waals surface area (Å²) in [6, 6.07) is 0. The number of ether oxygens (including phenoxy) is 1. The van der Waals surface area contributed by atoms with Gasteiger partial charge in [0.2, 0.25) is 0 Å². The van der Waals surface area contributed by atoms with E-state index in [-0.39, 0.29) is 13.0 Å². The van der Waals surface area contributed by atoms with Crippen LogP contribution in [0.15, 0.2) is 0 Å². The predicted octanol–water partition coefficient (Wildman–Crippen LogP) is 2.32. The summed E-state index contributed by atoms with van der Waals surface area (Å²) >= 11 is 0. The molecule has 7 heteroatoms. The molecular weight excluding hydrogens is 251 g/mol. The minimum atomic E-state index is -4.13. The van der Waals surface area contributed by atoms with Crippen molar-refractivity contribution in [1.29, 1.82) is 0 Å². The van der Waals surface area contributed by atoms with Gasteiger partial charge in [-0.2, -0.15) is 13.2 Å². The molecule has 0 aliphatic rings. The molecular formula is C11H20F3NO3. The van der Waals surface area contributed by atoms with E-state index < -0.39 is 24.1 Å². The van der Waals surface area contributed by atoms with Gasteiger partial charge in [-0.25, -0.2) is 0 Å². The van der Waals surface area contributed by atoms with Crippen molar-refractivity contribution in [2.75, 3.05) is 13.2 Å². The van der Waals surface area contributed by atoms with E-state index in [1.54, 1.807) is 0 Å². The predicted molar refractivity (Wildman–Crippen MR) is 60.2 cm³/mol. The fourth-order valence-electron chi connectivity index (χ4n) is 1.28. The molecule has 1 unspecified atom stereocenters. The van der Waals surface area contributed by atoms with Crippen LogP contribution in [0.2, 0.25) is 0 Å². The highest BCUT2D eigenvalue weighted by Crippen LogP contribution is 2.21. The number of aliphatic carboxylic acids is 1. The zero-order valence-corrected chi connectivity index (χ0v) is 10.4. The quantitative estimate of drug-likeness (QED) is 0.631. The molecule has 0 amide bonds. The Morgan fingerprint density at radius 1 is 1.17 bits per heavy atom. The third-order valence-electron chi connectivity index (χ3n) is 2.47. The van der Waals surface area contributed by atoms with E-state index >= 15 is 0 Å². The third-order valence-corrected chi connectivity index (χ3v) is 2.47. The van der Waals surface area contributed by atoms with Crippen LogP contribution in [0.25, 0.3) is 0 Å². The number of nitrogens with two attached hydrogens (primary N) is 1. The first-order valence-corrected chi connectivity index (χ1v) is 5.82. The second-order valence-corrected chi connectivity index (χ2v) is 4.51. The second kappa shape index (κ2) is 7.58. The Bertz CT molecular complexity index is 254. The first-order valence-electron chi connectivity index (χ1n) is 5.82. The van der Waals surface area contributed by atoms with Gasteiger partial charge in [-0.15, -0.1) is 0 Å². The smallest absolute Gasteiger partial charge is 0.389 e. The average molecular weight is 271 g/mol. The van der Waals surface area contributed by atoms with Crippen molar-refractivity contribution in [3.05, 3.63) is 0 Å². The molecule has 0 radical (unpaired) electrons. The van der Waals surface area contributed by atoms with Gasteiger partial charge < -0.3 is 15.6 Å². The fourth-order valence-corrected chi connectivity index (χ4v) is 1.28. The molecule has 0 aliphatic heterocycles. The van der Waals surface area contributed by atoms with Crippen LogP contribution in [0.4, 0.5) is 13.2 Å². The summed E-state index contributed by atoms with van der Waals surface area (Å²) in [5, 5.41) is 8.73. The zero-order valence-electron chi connectivity index (χ0n) is 10.4. The lowest BCUT2D eigenvalue weighted by atomic mass is 9.97. The molecule has 0 saturated heterocycles. The SMILES string of the molecule is CC(N)(CCCCOCCCC(F)(F)F)C(=O)O. The number of hydrogen-bond donors (Lipinski definition) is 2. The van der Waals surface area contributed by atoms with Crippen molar-refractivity contribution >= 4 is 5.97 Å². The molecule has 0 rings (SSSR count). The monoisotopic (exact) mass is 271 g/mol. The van der Waals surface area contributed by atoms with Gasteiger partial charge in [0.1, 0.15) is 5.54 Å². The summed E-state index contributed by atoms with van der Waals surface area (Å²) in [5.41, 5.74) is 4.25. The van der Waals surface area contributed by atoms with Crippen LogP contribution in [-0.2, 0) is 9.53 Å². The maximum absolute atomic E-state index is 11.8. The van der Waals surface area contributed by atoms with Crippen LogP contribution in [-0.4, -0.2) is 36.0 Å². The molecule has 108 valence electrons. The van der Waals surface area contributed by atoms with Crippen LogP contribution in [0.3, 0.4) is 0 Å². The minimum Gasteiger partial charge on any atom is -0.480 e. The summed E-state index contributed by atoms with van der Waals surface area (Å²) in [6.07, 6.45) is -3.55.